The largest absolute Gasteiger partial charge is 0.398 e. The summed E-state index contributed by atoms with van der Waals surface area (Å²) in [7, 11) is 0. The molecule has 56 valence electrons. The van der Waals surface area contributed by atoms with Gasteiger partial charge in [0.15, 0.2) is 0 Å². The van der Waals surface area contributed by atoms with Crippen molar-refractivity contribution in [3.8, 4) is 11.2 Å². The number of para-hydroxylation sites is 1. The van der Waals surface area contributed by atoms with Crippen LogP contribution in [0, 0.1) is 11.2 Å². The maximum Gasteiger partial charge on any atom is 0.0462 e. The summed E-state index contributed by atoms with van der Waals surface area (Å²) in [5, 5.41) is 2.89. The van der Waals surface area contributed by atoms with Crippen LogP contribution in [0.5, 0.6) is 0 Å². The fourth-order valence-corrected chi connectivity index (χ4v) is 1.22. The molecule has 0 heterocycles. The Kier molecular flexibility index (Phi) is 2.88. The highest BCUT2D eigenvalue weighted by atomic mass is 32.2. The highest BCUT2D eigenvalue weighted by Gasteiger charge is 1.93. The van der Waals surface area contributed by atoms with E-state index in [0.29, 0.717) is 0 Å². The minimum absolute atomic E-state index is 0.792. The third-order valence-corrected chi connectivity index (χ3v) is 2.08. The van der Waals surface area contributed by atoms with E-state index in [1.165, 1.54) is 11.8 Å². The molecule has 0 spiro atoms. The zero-order valence-corrected chi connectivity index (χ0v) is 7.11. The Bertz CT molecular complexity index is 296. The first-order valence-electron chi connectivity index (χ1n) is 3.27. The fraction of sp³-hybridized carbons (Fsp3) is 0.111. The van der Waals surface area contributed by atoms with E-state index in [2.05, 4.69) is 11.2 Å². The van der Waals surface area contributed by atoms with E-state index in [1.807, 2.05) is 31.2 Å². The van der Waals surface area contributed by atoms with Gasteiger partial charge in [-0.25, -0.2) is 0 Å². The maximum atomic E-state index is 5.67. The van der Waals surface area contributed by atoms with Crippen molar-refractivity contribution in [2.75, 3.05) is 5.73 Å². The molecule has 0 atom stereocenters. The highest BCUT2D eigenvalue weighted by Crippen LogP contribution is 2.22. The molecule has 0 saturated heterocycles. The summed E-state index contributed by atoms with van der Waals surface area (Å²) in [6.45, 7) is 1.81. The third-order valence-electron chi connectivity index (χ3n) is 1.18. The van der Waals surface area contributed by atoms with Crippen LogP contribution in [0.3, 0.4) is 0 Å². The van der Waals surface area contributed by atoms with Crippen LogP contribution in [0.15, 0.2) is 29.2 Å². The summed E-state index contributed by atoms with van der Waals surface area (Å²) in [6, 6.07) is 7.71. The van der Waals surface area contributed by atoms with E-state index in [0.717, 1.165) is 10.6 Å². The van der Waals surface area contributed by atoms with Crippen molar-refractivity contribution >= 4 is 17.4 Å². The molecular weight excluding hydrogens is 154 g/mol. The van der Waals surface area contributed by atoms with Crippen molar-refractivity contribution in [2.45, 2.75) is 11.8 Å². The minimum Gasteiger partial charge on any atom is -0.398 e. The molecule has 11 heavy (non-hydrogen) atoms. The number of hydrogen-bond donors (Lipinski definition) is 1. The number of hydrogen-bond acceptors (Lipinski definition) is 2. The highest BCUT2D eigenvalue weighted by molar-refractivity contribution is 8.04. The first-order chi connectivity index (χ1) is 5.34. The summed E-state index contributed by atoms with van der Waals surface area (Å²) in [6.07, 6.45) is 0. The van der Waals surface area contributed by atoms with Crippen molar-refractivity contribution < 1.29 is 0 Å². The number of benzene rings is 1. The molecule has 2 N–H and O–H groups in total. The van der Waals surface area contributed by atoms with E-state index >= 15 is 0 Å². The first-order valence-corrected chi connectivity index (χ1v) is 4.09. The Morgan fingerprint density at radius 1 is 1.36 bits per heavy atom. The van der Waals surface area contributed by atoms with Gasteiger partial charge in [-0.1, -0.05) is 18.1 Å². The molecule has 0 saturated carbocycles. The lowest BCUT2D eigenvalue weighted by Crippen LogP contribution is -1.85. The fourth-order valence-electron chi connectivity index (χ4n) is 0.679. The average Bonchev–Trinajstić information content (AvgIpc) is 2.03. The van der Waals surface area contributed by atoms with Crippen LogP contribution in [-0.2, 0) is 0 Å². The molecule has 0 fully saturated rings. The average molecular weight is 163 g/mol. The zero-order chi connectivity index (χ0) is 8.10. The van der Waals surface area contributed by atoms with Crippen molar-refractivity contribution in [3.05, 3.63) is 24.3 Å². The number of thioether (sulfide) groups is 1. The Hall–Kier alpha value is -1.07. The van der Waals surface area contributed by atoms with Crippen LogP contribution in [0.25, 0.3) is 0 Å². The van der Waals surface area contributed by atoms with E-state index in [-0.39, 0.29) is 0 Å². The number of anilines is 1. The lowest BCUT2D eigenvalue weighted by atomic mass is 10.3. The normalized spacial score (nSPS) is 8.45. The van der Waals surface area contributed by atoms with Crippen LogP contribution in [0.4, 0.5) is 5.69 Å². The van der Waals surface area contributed by atoms with Crippen molar-refractivity contribution in [1.29, 1.82) is 0 Å². The molecule has 0 aliphatic heterocycles. The molecule has 0 bridgehead atoms. The molecule has 0 aliphatic carbocycles. The zero-order valence-electron chi connectivity index (χ0n) is 6.29. The van der Waals surface area contributed by atoms with Crippen molar-refractivity contribution in [3.63, 3.8) is 0 Å². The predicted molar refractivity (Wildman–Crippen MR) is 50.2 cm³/mol. The van der Waals surface area contributed by atoms with Crippen molar-refractivity contribution in [1.82, 2.24) is 0 Å². The van der Waals surface area contributed by atoms with Gasteiger partial charge in [-0.05, 0) is 36.1 Å². The molecule has 0 aliphatic rings. The second-order valence-corrected chi connectivity index (χ2v) is 2.84. The Morgan fingerprint density at radius 2 is 2.09 bits per heavy atom. The molecule has 0 aromatic heterocycles. The monoisotopic (exact) mass is 163 g/mol. The van der Waals surface area contributed by atoms with Gasteiger partial charge in [0.1, 0.15) is 0 Å². The van der Waals surface area contributed by atoms with Gasteiger partial charge in [0.2, 0.25) is 0 Å². The number of nitrogen functional groups attached to an aromatic ring is 1. The van der Waals surface area contributed by atoms with Crippen LogP contribution in [0.2, 0.25) is 0 Å². The summed E-state index contributed by atoms with van der Waals surface area (Å²) >= 11 is 1.46. The second-order valence-electron chi connectivity index (χ2n) is 1.99. The Labute approximate surface area is 71.0 Å². The van der Waals surface area contributed by atoms with E-state index in [9.17, 15) is 0 Å². The Morgan fingerprint density at radius 3 is 2.73 bits per heavy atom. The third kappa shape index (κ3) is 2.21. The second kappa shape index (κ2) is 3.95. The van der Waals surface area contributed by atoms with Gasteiger partial charge in [0.25, 0.3) is 0 Å². The molecule has 0 unspecified atom stereocenters. The van der Waals surface area contributed by atoms with E-state index < -0.39 is 0 Å². The van der Waals surface area contributed by atoms with Crippen LogP contribution >= 0.6 is 11.8 Å². The summed E-state index contributed by atoms with van der Waals surface area (Å²) < 4.78 is 0. The Balaban J connectivity index is 2.83. The van der Waals surface area contributed by atoms with Crippen LogP contribution in [0.1, 0.15) is 6.92 Å². The molecule has 2 heteroatoms. The molecule has 1 rings (SSSR count). The van der Waals surface area contributed by atoms with Gasteiger partial charge in [-0.3, -0.25) is 0 Å². The number of rotatable bonds is 1. The summed E-state index contributed by atoms with van der Waals surface area (Å²) in [5.41, 5.74) is 6.46. The molecular formula is C9H9NS. The van der Waals surface area contributed by atoms with Gasteiger partial charge in [-0.15, -0.1) is 0 Å². The van der Waals surface area contributed by atoms with Crippen molar-refractivity contribution in [2.24, 2.45) is 0 Å². The molecule has 0 radical (unpaired) electrons. The summed E-state index contributed by atoms with van der Waals surface area (Å²) in [4.78, 5) is 1.03. The lowest BCUT2D eigenvalue weighted by molar-refractivity contribution is 1.47. The van der Waals surface area contributed by atoms with Crippen LogP contribution in [-0.4, -0.2) is 0 Å². The SMILES string of the molecule is CC#CSc1ccccc1N. The van der Waals surface area contributed by atoms with Gasteiger partial charge in [-0.2, -0.15) is 0 Å². The predicted octanol–water partition coefficient (Wildman–Crippen LogP) is 2.34. The summed E-state index contributed by atoms with van der Waals surface area (Å²) in [5.74, 6) is 2.80. The van der Waals surface area contributed by atoms with Crippen LogP contribution < -0.4 is 5.73 Å². The lowest BCUT2D eigenvalue weighted by Gasteiger charge is -1.97. The topological polar surface area (TPSA) is 26.0 Å². The maximum absolute atomic E-state index is 5.67. The van der Waals surface area contributed by atoms with E-state index in [4.69, 9.17) is 5.73 Å². The van der Waals surface area contributed by atoms with Gasteiger partial charge >= 0.3 is 0 Å². The van der Waals surface area contributed by atoms with E-state index in [1.54, 1.807) is 0 Å². The first kappa shape index (κ1) is 8.03. The standard InChI is InChI=1S/C9H9NS/c1-2-7-11-9-6-4-3-5-8(9)10/h3-6H,10H2,1H3. The molecule has 0 amide bonds. The molecule has 1 aromatic carbocycles. The smallest absolute Gasteiger partial charge is 0.0462 e. The number of nitrogens with two attached hydrogens (primary N) is 1. The van der Waals surface area contributed by atoms with Gasteiger partial charge in [0, 0.05) is 10.6 Å². The molecule has 1 nitrogen and oxygen atoms in total. The van der Waals surface area contributed by atoms with Gasteiger partial charge in [0.05, 0.1) is 0 Å². The minimum atomic E-state index is 0.792. The molecule has 1 aromatic rings. The quantitative estimate of drug-likeness (QED) is 0.390. The van der Waals surface area contributed by atoms with Gasteiger partial charge < -0.3 is 5.73 Å².